The van der Waals surface area contributed by atoms with E-state index in [2.05, 4.69) is 15.0 Å². The molecule has 10 heteroatoms. The van der Waals surface area contributed by atoms with Crippen molar-refractivity contribution >= 4 is 42.6 Å². The molecule has 8 nitrogen and oxygen atoms in total. The molecule has 2 N–H and O–H groups in total. The maximum Gasteiger partial charge on any atom is 0.257 e. The zero-order valence-electron chi connectivity index (χ0n) is 14.8. The van der Waals surface area contributed by atoms with Crippen LogP contribution in [0.2, 0.25) is 0 Å². The second-order valence-electron chi connectivity index (χ2n) is 5.41. The molecule has 0 fully saturated rings. The lowest BCUT2D eigenvalue weighted by Gasteiger charge is -2.07. The summed E-state index contributed by atoms with van der Waals surface area (Å²) in [5.74, 6) is 0.603. The number of anilines is 1. The number of fused-ring (bicyclic) bond motifs is 1. The van der Waals surface area contributed by atoms with Gasteiger partial charge in [0.25, 0.3) is 5.91 Å². The van der Waals surface area contributed by atoms with Crippen molar-refractivity contribution in [3.05, 3.63) is 42.0 Å². The van der Waals surface area contributed by atoms with Gasteiger partial charge >= 0.3 is 0 Å². The van der Waals surface area contributed by atoms with Gasteiger partial charge in [-0.15, -0.1) is 0 Å². The highest BCUT2D eigenvalue weighted by Gasteiger charge is 2.16. The van der Waals surface area contributed by atoms with Gasteiger partial charge in [-0.25, -0.2) is 18.1 Å². The van der Waals surface area contributed by atoms with Crippen LogP contribution in [0, 0.1) is 0 Å². The Morgan fingerprint density at radius 1 is 1.07 bits per heavy atom. The molecule has 0 radical (unpaired) electrons. The van der Waals surface area contributed by atoms with Crippen molar-refractivity contribution < 1.29 is 22.7 Å². The maximum atomic E-state index is 12.5. The molecule has 3 aromatic rings. The van der Waals surface area contributed by atoms with E-state index < -0.39 is 10.0 Å². The van der Waals surface area contributed by atoms with Gasteiger partial charge in [0.15, 0.2) is 5.13 Å². The summed E-state index contributed by atoms with van der Waals surface area (Å²) in [6, 6.07) is 9.42. The van der Waals surface area contributed by atoms with E-state index in [1.807, 2.05) is 0 Å². The Labute approximate surface area is 160 Å². The molecule has 0 spiro atoms. The van der Waals surface area contributed by atoms with Gasteiger partial charge in [-0.2, -0.15) is 0 Å². The van der Waals surface area contributed by atoms with Crippen LogP contribution in [-0.4, -0.2) is 40.6 Å². The second-order valence-corrected chi connectivity index (χ2v) is 8.33. The predicted molar refractivity (Wildman–Crippen MR) is 103 cm³/mol. The average Bonchev–Trinajstić information content (AvgIpc) is 3.08. The first-order valence-electron chi connectivity index (χ1n) is 7.75. The number of aromatic nitrogens is 1. The van der Waals surface area contributed by atoms with E-state index in [1.54, 1.807) is 24.3 Å². The Kier molecular flexibility index (Phi) is 5.31. The third-order valence-electron chi connectivity index (χ3n) is 3.77. The lowest BCUT2D eigenvalue weighted by atomic mass is 10.2. The molecule has 0 bridgehead atoms. The predicted octanol–water partition coefficient (Wildman–Crippen LogP) is 2.47. The molecule has 1 amide bonds. The molecule has 0 aliphatic rings. The molecule has 2 aromatic carbocycles. The highest BCUT2D eigenvalue weighted by Crippen LogP contribution is 2.29. The van der Waals surface area contributed by atoms with Crippen LogP contribution in [0.15, 0.2) is 41.3 Å². The molecule has 0 aliphatic carbocycles. The monoisotopic (exact) mass is 407 g/mol. The molecule has 27 heavy (non-hydrogen) atoms. The minimum Gasteiger partial charge on any atom is -0.497 e. The van der Waals surface area contributed by atoms with Crippen LogP contribution in [0.4, 0.5) is 5.13 Å². The third-order valence-corrected chi connectivity index (χ3v) is 6.12. The number of ether oxygens (including phenoxy) is 2. The van der Waals surface area contributed by atoms with E-state index >= 15 is 0 Å². The summed E-state index contributed by atoms with van der Waals surface area (Å²) in [5, 5.41) is 3.07. The summed E-state index contributed by atoms with van der Waals surface area (Å²) in [6.07, 6.45) is 0. The summed E-state index contributed by atoms with van der Waals surface area (Å²) in [7, 11) is 0.801. The van der Waals surface area contributed by atoms with E-state index in [4.69, 9.17) is 9.47 Å². The number of amides is 1. The lowest BCUT2D eigenvalue weighted by molar-refractivity contribution is 0.102. The first-order valence-corrected chi connectivity index (χ1v) is 10.0. The van der Waals surface area contributed by atoms with Crippen molar-refractivity contribution in [2.45, 2.75) is 4.90 Å². The molecule has 0 saturated carbocycles. The number of benzene rings is 2. The van der Waals surface area contributed by atoms with Crippen molar-refractivity contribution in [3.8, 4) is 11.5 Å². The number of hydrogen-bond donors (Lipinski definition) is 2. The smallest absolute Gasteiger partial charge is 0.257 e. The van der Waals surface area contributed by atoms with Crippen molar-refractivity contribution in [2.24, 2.45) is 0 Å². The Morgan fingerprint density at radius 2 is 1.74 bits per heavy atom. The quantitative estimate of drug-likeness (QED) is 0.650. The van der Waals surface area contributed by atoms with Crippen LogP contribution >= 0.6 is 11.3 Å². The standard InChI is InChI=1S/C17H17N3O5S2/c1-18-27(22,23)13-4-5-14-15(9-13)26-17(19-14)20-16(21)10-6-11(24-2)8-12(7-10)25-3/h4-9,18H,1-3H3,(H,19,20,21). The molecule has 0 unspecified atom stereocenters. The van der Waals surface area contributed by atoms with Crippen LogP contribution in [0.3, 0.4) is 0 Å². The van der Waals surface area contributed by atoms with E-state index in [0.29, 0.717) is 32.4 Å². The number of nitrogens with one attached hydrogen (secondary N) is 2. The van der Waals surface area contributed by atoms with Crippen molar-refractivity contribution in [3.63, 3.8) is 0 Å². The van der Waals surface area contributed by atoms with E-state index in [1.165, 1.54) is 44.7 Å². The van der Waals surface area contributed by atoms with E-state index in [-0.39, 0.29) is 10.8 Å². The fourth-order valence-corrected chi connectivity index (χ4v) is 4.08. The second kappa shape index (κ2) is 7.51. The van der Waals surface area contributed by atoms with Gasteiger partial charge in [-0.05, 0) is 37.4 Å². The fourth-order valence-electron chi connectivity index (χ4n) is 2.35. The zero-order valence-corrected chi connectivity index (χ0v) is 16.4. The van der Waals surface area contributed by atoms with Crippen molar-refractivity contribution in [1.29, 1.82) is 0 Å². The molecular formula is C17H17N3O5S2. The average molecular weight is 407 g/mol. The van der Waals surface area contributed by atoms with Crippen LogP contribution in [0.25, 0.3) is 10.2 Å². The summed E-state index contributed by atoms with van der Waals surface area (Å²) < 4.78 is 37.1. The molecule has 0 aliphatic heterocycles. The fraction of sp³-hybridized carbons (Fsp3) is 0.176. The molecule has 0 atom stereocenters. The first kappa shape index (κ1) is 19.1. The number of nitrogens with zero attached hydrogens (tertiary/aromatic N) is 1. The Bertz CT molecular complexity index is 1090. The number of carbonyl (C=O) groups excluding carboxylic acids is 1. The first-order chi connectivity index (χ1) is 12.9. The van der Waals surface area contributed by atoms with Gasteiger partial charge in [0.05, 0.1) is 29.3 Å². The molecule has 1 heterocycles. The number of carbonyl (C=O) groups is 1. The van der Waals surface area contributed by atoms with Gasteiger partial charge in [0.1, 0.15) is 11.5 Å². The van der Waals surface area contributed by atoms with Crippen LogP contribution in [0.5, 0.6) is 11.5 Å². The van der Waals surface area contributed by atoms with Crippen LogP contribution < -0.4 is 19.5 Å². The number of methoxy groups -OCH3 is 2. The Balaban J connectivity index is 1.89. The van der Waals surface area contributed by atoms with Crippen molar-refractivity contribution in [2.75, 3.05) is 26.6 Å². The highest BCUT2D eigenvalue weighted by molar-refractivity contribution is 7.89. The molecule has 0 saturated heterocycles. The van der Waals surface area contributed by atoms with Crippen LogP contribution in [-0.2, 0) is 10.0 Å². The summed E-state index contributed by atoms with van der Waals surface area (Å²) >= 11 is 1.18. The molecule has 142 valence electrons. The lowest BCUT2D eigenvalue weighted by Crippen LogP contribution is -2.18. The normalized spacial score (nSPS) is 11.4. The third kappa shape index (κ3) is 4.02. The Morgan fingerprint density at radius 3 is 2.33 bits per heavy atom. The van der Waals surface area contributed by atoms with Gasteiger partial charge in [0, 0.05) is 11.6 Å². The van der Waals surface area contributed by atoms with E-state index in [9.17, 15) is 13.2 Å². The molecule has 1 aromatic heterocycles. The number of sulfonamides is 1. The van der Waals surface area contributed by atoms with Crippen LogP contribution in [0.1, 0.15) is 10.4 Å². The maximum absolute atomic E-state index is 12.5. The van der Waals surface area contributed by atoms with Crippen molar-refractivity contribution in [1.82, 2.24) is 9.71 Å². The largest absolute Gasteiger partial charge is 0.497 e. The highest BCUT2D eigenvalue weighted by atomic mass is 32.2. The molecular weight excluding hydrogens is 390 g/mol. The van der Waals surface area contributed by atoms with Gasteiger partial charge in [-0.1, -0.05) is 11.3 Å². The number of thiazole rings is 1. The summed E-state index contributed by atoms with van der Waals surface area (Å²) in [4.78, 5) is 17.0. The minimum atomic E-state index is -3.55. The Hall–Kier alpha value is -2.69. The molecule has 3 rings (SSSR count). The topological polar surface area (TPSA) is 107 Å². The summed E-state index contributed by atoms with van der Waals surface area (Å²) in [6.45, 7) is 0. The number of hydrogen-bond acceptors (Lipinski definition) is 7. The van der Waals surface area contributed by atoms with Gasteiger partial charge in [0.2, 0.25) is 10.0 Å². The minimum absolute atomic E-state index is 0.136. The van der Waals surface area contributed by atoms with Gasteiger partial charge < -0.3 is 9.47 Å². The summed E-state index contributed by atoms with van der Waals surface area (Å²) in [5.41, 5.74) is 0.942. The zero-order chi connectivity index (χ0) is 19.6. The van der Waals surface area contributed by atoms with E-state index in [0.717, 1.165) is 0 Å². The van der Waals surface area contributed by atoms with Gasteiger partial charge in [-0.3, -0.25) is 10.1 Å². The number of rotatable bonds is 6. The SMILES string of the molecule is CNS(=O)(=O)c1ccc2nc(NC(=O)c3cc(OC)cc(OC)c3)sc2c1.